The van der Waals surface area contributed by atoms with Crippen molar-refractivity contribution >= 4 is 72.6 Å². The third-order valence-corrected chi connectivity index (χ3v) is 11.5. The fraction of sp³-hybridized carbons (Fsp3) is 0.258. The molecule has 0 aliphatic carbocycles. The molecule has 2 aromatic heterocycles. The number of imide groups is 1. The van der Waals surface area contributed by atoms with E-state index in [1.165, 1.54) is 9.40 Å². The summed E-state index contributed by atoms with van der Waals surface area (Å²) in [6.45, 7) is 2.20. The van der Waals surface area contributed by atoms with E-state index >= 15 is 0 Å². The van der Waals surface area contributed by atoms with Crippen molar-refractivity contribution in [3.05, 3.63) is 87.9 Å². The minimum Gasteiger partial charge on any atom is -0.322 e. The number of nitrogens with zero attached hydrogens (tertiary/aromatic N) is 4. The van der Waals surface area contributed by atoms with E-state index in [-0.39, 0.29) is 30.2 Å². The van der Waals surface area contributed by atoms with Gasteiger partial charge in [0.15, 0.2) is 0 Å². The highest BCUT2D eigenvalue weighted by Gasteiger charge is 2.40. The van der Waals surface area contributed by atoms with Gasteiger partial charge < -0.3 is 4.90 Å². The van der Waals surface area contributed by atoms with Crippen molar-refractivity contribution in [3.8, 4) is 0 Å². The molecule has 1 atom stereocenters. The van der Waals surface area contributed by atoms with Gasteiger partial charge in [0.2, 0.25) is 11.8 Å². The van der Waals surface area contributed by atoms with Gasteiger partial charge in [-0.15, -0.1) is 34.4 Å². The molecule has 1 N–H and O–H groups in total. The molecule has 3 amide bonds. The Morgan fingerprint density at radius 2 is 1.55 bits per heavy atom. The summed E-state index contributed by atoms with van der Waals surface area (Å²) in [7, 11) is 0. The number of hydrogen-bond acceptors (Lipinski definition) is 9. The van der Waals surface area contributed by atoms with Crippen LogP contribution in [0, 0.1) is 0 Å². The molecule has 5 aromatic rings. The predicted octanol–water partition coefficient (Wildman–Crippen LogP) is 5.23. The second-order valence-corrected chi connectivity index (χ2v) is 14.4. The quantitative estimate of drug-likeness (QED) is 0.263. The van der Waals surface area contributed by atoms with E-state index in [2.05, 4.69) is 52.7 Å². The molecule has 0 spiro atoms. The Balaban J connectivity index is 1.00. The molecule has 0 saturated carbocycles. The first kappa shape index (κ1) is 26.0. The minimum atomic E-state index is -0.596. The molecule has 11 heteroatoms. The Kier molecular flexibility index (Phi) is 6.36. The second-order valence-electron chi connectivity index (χ2n) is 10.9. The molecule has 0 bridgehead atoms. The summed E-state index contributed by atoms with van der Waals surface area (Å²) in [6, 6.07) is 22.0. The first-order valence-electron chi connectivity index (χ1n) is 13.9. The minimum absolute atomic E-state index is 0.0105. The topological polar surface area (TPSA) is 95.5 Å². The number of hydrogen-bond donors (Lipinski definition) is 1. The van der Waals surface area contributed by atoms with Gasteiger partial charge in [-0.3, -0.25) is 24.6 Å². The molecule has 3 aromatic carbocycles. The van der Waals surface area contributed by atoms with Gasteiger partial charge in [0.25, 0.3) is 5.91 Å². The zero-order valence-electron chi connectivity index (χ0n) is 22.4. The third kappa shape index (κ3) is 4.51. The van der Waals surface area contributed by atoms with E-state index < -0.39 is 6.04 Å². The molecule has 0 radical (unpaired) electrons. The first-order valence-corrected chi connectivity index (χ1v) is 16.4. The number of carbonyl (C=O) groups excluding carboxylic acids is 3. The molecule has 5 heterocycles. The van der Waals surface area contributed by atoms with Gasteiger partial charge in [-0.25, -0.2) is 9.97 Å². The van der Waals surface area contributed by atoms with E-state index in [0.717, 1.165) is 44.6 Å². The van der Waals surface area contributed by atoms with Crippen LogP contribution in [-0.2, 0) is 16.1 Å². The summed E-state index contributed by atoms with van der Waals surface area (Å²) < 4.78 is 2.37. The number of benzene rings is 3. The van der Waals surface area contributed by atoms with Crippen LogP contribution in [0.15, 0.2) is 71.6 Å². The number of carbonyl (C=O) groups is 3. The summed E-state index contributed by atoms with van der Waals surface area (Å²) in [5, 5.41) is 4.92. The summed E-state index contributed by atoms with van der Waals surface area (Å²) in [4.78, 5) is 52.3. The Bertz CT molecular complexity index is 1760. The fourth-order valence-corrected chi connectivity index (χ4v) is 9.56. The van der Waals surface area contributed by atoms with Crippen molar-refractivity contribution in [2.24, 2.45) is 0 Å². The summed E-state index contributed by atoms with van der Waals surface area (Å²) in [6.07, 6.45) is 0.624. The number of aromatic nitrogens is 2. The van der Waals surface area contributed by atoms with E-state index in [1.807, 2.05) is 36.0 Å². The van der Waals surface area contributed by atoms with Gasteiger partial charge >= 0.3 is 0 Å². The third-order valence-electron chi connectivity index (χ3n) is 8.13. The van der Waals surface area contributed by atoms with Crippen LogP contribution < -0.4 is 5.32 Å². The molecular weight excluding hydrogens is 587 g/mol. The van der Waals surface area contributed by atoms with Crippen molar-refractivity contribution < 1.29 is 14.4 Å². The number of piperidine rings is 1. The van der Waals surface area contributed by atoms with Crippen LogP contribution in [-0.4, -0.2) is 61.9 Å². The van der Waals surface area contributed by atoms with Crippen molar-refractivity contribution in [2.75, 3.05) is 13.1 Å². The van der Waals surface area contributed by atoms with Crippen LogP contribution in [0.3, 0.4) is 0 Å². The molecular formula is C31H25N5O3S3. The van der Waals surface area contributed by atoms with Crippen LogP contribution >= 0.6 is 34.4 Å². The Hall–Kier alpha value is -3.64. The molecule has 8 rings (SSSR count). The predicted molar refractivity (Wildman–Crippen MR) is 165 cm³/mol. The molecule has 42 heavy (non-hydrogen) atoms. The highest BCUT2D eigenvalue weighted by molar-refractivity contribution is 8.00. The normalized spacial score (nSPS) is 19.6. The van der Waals surface area contributed by atoms with Crippen LogP contribution in [0.25, 0.3) is 20.4 Å². The number of rotatable bonds is 6. The smallest absolute Gasteiger partial charge is 0.255 e. The van der Waals surface area contributed by atoms with E-state index in [4.69, 9.17) is 9.97 Å². The van der Waals surface area contributed by atoms with E-state index in [1.54, 1.807) is 27.6 Å². The zero-order chi connectivity index (χ0) is 28.4. The maximum Gasteiger partial charge on any atom is 0.255 e. The Morgan fingerprint density at radius 1 is 0.881 bits per heavy atom. The molecule has 210 valence electrons. The molecule has 2 saturated heterocycles. The Labute approximate surface area is 253 Å². The number of thiazole rings is 2. The number of fused-ring (bicyclic) bond motifs is 3. The number of nitrogens with one attached hydrogen (secondary N) is 1. The largest absolute Gasteiger partial charge is 0.322 e. The number of likely N-dealkylation sites (tertiary alicyclic amines) is 1. The lowest BCUT2D eigenvalue weighted by Crippen LogP contribution is -2.52. The van der Waals surface area contributed by atoms with Crippen molar-refractivity contribution in [1.82, 2.24) is 25.1 Å². The molecule has 3 aliphatic rings. The Morgan fingerprint density at radius 3 is 2.19 bits per heavy atom. The van der Waals surface area contributed by atoms with Crippen molar-refractivity contribution in [1.29, 1.82) is 0 Å². The van der Waals surface area contributed by atoms with Crippen molar-refractivity contribution in [2.45, 2.75) is 41.6 Å². The van der Waals surface area contributed by atoms with Gasteiger partial charge in [0.05, 0.1) is 20.4 Å². The zero-order valence-corrected chi connectivity index (χ0v) is 24.8. The molecule has 3 aliphatic heterocycles. The average molecular weight is 612 g/mol. The molecule has 8 nitrogen and oxygen atoms in total. The number of para-hydroxylation sites is 2. The maximum atomic E-state index is 13.1. The van der Waals surface area contributed by atoms with Crippen LogP contribution in [0.4, 0.5) is 0 Å². The van der Waals surface area contributed by atoms with Crippen LogP contribution in [0.2, 0.25) is 0 Å². The number of thioether (sulfide) groups is 1. The SMILES string of the molecule is O=C1CCC(N2Cc3cc(SC4CN(C(c5nc6ccccc6s5)c5nc6ccccc6s5)C4)ccc3C2=O)C(=O)N1. The van der Waals surface area contributed by atoms with E-state index in [0.29, 0.717) is 23.8 Å². The standard InChI is InChI=1S/C31H25N5O3S3/c37-26-12-11-23(28(38)34-26)36-14-17-13-18(9-10-20(17)31(36)39)40-19-15-35(16-19)27(29-32-21-5-1-3-7-24(21)41-29)30-33-22-6-2-4-8-25(22)42-30/h1-10,13,19,23,27H,11-12,14-16H2,(H,34,37,38). The van der Waals surface area contributed by atoms with Crippen molar-refractivity contribution in [3.63, 3.8) is 0 Å². The van der Waals surface area contributed by atoms with E-state index in [9.17, 15) is 14.4 Å². The lowest BCUT2D eigenvalue weighted by molar-refractivity contribution is -0.136. The summed E-state index contributed by atoms with van der Waals surface area (Å²) >= 11 is 5.31. The fourth-order valence-electron chi connectivity index (χ4n) is 6.00. The van der Waals surface area contributed by atoms with Gasteiger partial charge in [0.1, 0.15) is 22.1 Å². The lowest BCUT2D eigenvalue weighted by atomic mass is 10.0. The second kappa shape index (κ2) is 10.3. The molecule has 1 unspecified atom stereocenters. The lowest BCUT2D eigenvalue weighted by Gasteiger charge is -2.42. The number of amides is 3. The van der Waals surface area contributed by atoms with Gasteiger partial charge in [-0.2, -0.15) is 0 Å². The van der Waals surface area contributed by atoms with Crippen LogP contribution in [0.5, 0.6) is 0 Å². The van der Waals surface area contributed by atoms with Gasteiger partial charge in [-0.1, -0.05) is 24.3 Å². The first-order chi connectivity index (χ1) is 20.5. The highest BCUT2D eigenvalue weighted by atomic mass is 32.2. The van der Waals surface area contributed by atoms with Crippen LogP contribution in [0.1, 0.15) is 44.8 Å². The summed E-state index contributed by atoms with van der Waals surface area (Å²) in [5.74, 6) is -0.796. The molecule has 2 fully saturated rings. The monoisotopic (exact) mass is 611 g/mol. The maximum absolute atomic E-state index is 13.1. The van der Waals surface area contributed by atoms with Gasteiger partial charge in [0, 0.05) is 41.8 Å². The summed E-state index contributed by atoms with van der Waals surface area (Å²) in [5.41, 5.74) is 3.63. The van der Waals surface area contributed by atoms with Gasteiger partial charge in [-0.05, 0) is 54.4 Å². The highest BCUT2D eigenvalue weighted by Crippen LogP contribution is 2.43. The average Bonchev–Trinajstić information content (AvgIpc) is 3.67.